The van der Waals surface area contributed by atoms with Gasteiger partial charge in [-0.05, 0) is 112 Å². The minimum Gasteiger partial charge on any atom is -0.488 e. The molecule has 370 valence electrons. The third kappa shape index (κ3) is 13.2. The Morgan fingerprint density at radius 2 is 1.54 bits per heavy atom. The molecule has 3 aromatic carbocycles. The number of imidazole rings is 2. The molecule has 6 heterocycles. The van der Waals surface area contributed by atoms with Gasteiger partial charge < -0.3 is 49.3 Å². The first kappa shape index (κ1) is 53.0. The molecule has 3 saturated heterocycles. The number of aromatic nitrogens is 4. The number of nitrogens with zero attached hydrogens (tertiary/aromatic N) is 4. The van der Waals surface area contributed by atoms with Crippen LogP contribution < -0.4 is 15.4 Å². The average molecular weight is 939 g/mol. The van der Waals surface area contributed by atoms with Crippen molar-refractivity contribution in [1.82, 2.24) is 40.4 Å². The van der Waals surface area contributed by atoms with Crippen molar-refractivity contribution in [2.75, 3.05) is 41.0 Å². The van der Waals surface area contributed by atoms with Crippen LogP contribution in [0.1, 0.15) is 136 Å². The van der Waals surface area contributed by atoms with Crippen LogP contribution in [-0.2, 0) is 35.2 Å². The Morgan fingerprint density at radius 3 is 2.21 bits per heavy atom. The van der Waals surface area contributed by atoms with Gasteiger partial charge in [-0.25, -0.2) is 14.8 Å². The molecule has 16 heteroatoms. The quantitative estimate of drug-likeness (QED) is 0.109. The summed E-state index contributed by atoms with van der Waals surface area (Å²) >= 11 is 0. The number of alkyl carbamates (subject to hydrolysis) is 1. The Morgan fingerprint density at radius 1 is 0.824 bits per heavy atom. The SMILES string of the molecule is CC1CCC[C@@H](C)O1.CCC.CCC.COC.COC(=O)NCC(=O)N1CCCC1c1nc2c(ccc3cc4c(cc32)OCc2cc(-c3cnc(C5CC[C@H](C)N5C(=O)CNC=O)[nH]3)ccc2-4)[nH]1. The number of hydrogen-bond donors (Lipinski definition) is 4. The van der Waals surface area contributed by atoms with Gasteiger partial charge in [0.25, 0.3) is 0 Å². The molecule has 3 unspecified atom stereocenters. The standard InChI is InChI=1S/C37H38N8O6.C7H14O.2C3H8.C2H6O/c1-20-5-10-30(45(20)33(48)16-38-19-46)35-39-15-28(42-35)22-6-8-24-23(12-22)18-51-31-14-25-21(13-26(24)31)7-9-27-34(25)43-36(41-27)29-4-3-11-44(29)32(47)17-40-37(49)50-2;1-6-4-3-5-7(2)8-6;3*1-3-2/h6-9,12-15,19-20,29-30H,3-5,10-11,16-18H2,1-2H3,(H,38,46)(H,39,42)(H,40,49)(H,41,43);6-7H,3-5H2,1-2H3;2*3H2,1-2H3;1-2H3/t20-,29?,30?;6-,7?;;;/m01.../s1. The molecule has 4 aliphatic heterocycles. The maximum Gasteiger partial charge on any atom is 0.407 e. The molecular formula is C52H74N8O8. The molecule has 0 radical (unpaired) electrons. The first-order chi connectivity index (χ1) is 32.9. The molecule has 16 nitrogen and oxygen atoms in total. The highest BCUT2D eigenvalue weighted by atomic mass is 16.5. The number of fused-ring (bicyclic) bond motifs is 6. The summed E-state index contributed by atoms with van der Waals surface area (Å²) in [5.41, 5.74) is 6.66. The van der Waals surface area contributed by atoms with E-state index in [1.807, 2.05) is 24.0 Å². The summed E-state index contributed by atoms with van der Waals surface area (Å²) in [5.74, 6) is 1.92. The Labute approximate surface area is 401 Å². The van der Waals surface area contributed by atoms with Crippen molar-refractivity contribution in [2.24, 2.45) is 0 Å². The lowest BCUT2D eigenvalue weighted by atomic mass is 9.92. The number of aromatic amines is 2. The van der Waals surface area contributed by atoms with E-state index in [2.05, 4.69) is 107 Å². The highest BCUT2D eigenvalue weighted by Gasteiger charge is 2.37. The van der Waals surface area contributed by atoms with Crippen LogP contribution in [0.25, 0.3) is 44.2 Å². The number of likely N-dealkylation sites (tertiary alicyclic amines) is 2. The first-order valence-electron chi connectivity index (χ1n) is 24.3. The number of methoxy groups -OCH3 is 2. The summed E-state index contributed by atoms with van der Waals surface area (Å²) in [4.78, 5) is 68.2. The van der Waals surface area contributed by atoms with Crippen molar-refractivity contribution in [3.05, 3.63) is 65.9 Å². The zero-order valence-corrected chi connectivity index (χ0v) is 41.8. The van der Waals surface area contributed by atoms with Crippen LogP contribution in [0.4, 0.5) is 4.79 Å². The highest BCUT2D eigenvalue weighted by Crippen LogP contribution is 2.43. The zero-order valence-electron chi connectivity index (χ0n) is 41.8. The molecule has 2 aromatic heterocycles. The van der Waals surface area contributed by atoms with Crippen molar-refractivity contribution >= 4 is 46.1 Å². The lowest BCUT2D eigenvalue weighted by Gasteiger charge is -2.27. The van der Waals surface area contributed by atoms with E-state index in [1.165, 1.54) is 39.2 Å². The van der Waals surface area contributed by atoms with Gasteiger partial charge in [0.1, 0.15) is 30.5 Å². The molecule has 4 N–H and O–H groups in total. The maximum absolute atomic E-state index is 12.9. The Balaban J connectivity index is 0.000000436. The number of H-pyrrole nitrogens is 2. The van der Waals surface area contributed by atoms with E-state index in [4.69, 9.17) is 14.5 Å². The van der Waals surface area contributed by atoms with E-state index < -0.39 is 6.09 Å². The highest BCUT2D eigenvalue weighted by molar-refractivity contribution is 6.07. The summed E-state index contributed by atoms with van der Waals surface area (Å²) in [6.45, 7) is 15.6. The fraction of sp³-hybridized carbons (Fsp3) is 0.538. The van der Waals surface area contributed by atoms with Crippen LogP contribution in [0.15, 0.2) is 48.7 Å². The second kappa shape index (κ2) is 25.9. The van der Waals surface area contributed by atoms with E-state index in [1.54, 1.807) is 25.3 Å². The lowest BCUT2D eigenvalue weighted by molar-refractivity contribution is -0.134. The van der Waals surface area contributed by atoms with Crippen LogP contribution in [0, 0.1) is 0 Å². The summed E-state index contributed by atoms with van der Waals surface area (Å²) < 4.78 is 20.7. The number of rotatable bonds is 8. The van der Waals surface area contributed by atoms with Gasteiger partial charge in [0.2, 0.25) is 18.2 Å². The predicted molar refractivity (Wildman–Crippen MR) is 266 cm³/mol. The van der Waals surface area contributed by atoms with Gasteiger partial charge >= 0.3 is 6.09 Å². The molecular weight excluding hydrogens is 865 g/mol. The number of ether oxygens (including phenoxy) is 4. The molecule has 4 aliphatic rings. The molecule has 0 spiro atoms. The molecule has 5 aromatic rings. The van der Waals surface area contributed by atoms with E-state index in [-0.39, 0.29) is 43.0 Å². The van der Waals surface area contributed by atoms with E-state index in [0.717, 1.165) is 92.8 Å². The molecule has 68 heavy (non-hydrogen) atoms. The van der Waals surface area contributed by atoms with Crippen LogP contribution in [0.5, 0.6) is 5.75 Å². The normalized spacial score (nSPS) is 20.1. The number of hydrogen-bond acceptors (Lipinski definition) is 10. The zero-order chi connectivity index (χ0) is 49.3. The van der Waals surface area contributed by atoms with E-state index in [9.17, 15) is 19.2 Å². The number of carbonyl (C=O) groups is 4. The summed E-state index contributed by atoms with van der Waals surface area (Å²) in [6, 6.07) is 14.2. The molecule has 0 aliphatic carbocycles. The van der Waals surface area contributed by atoms with Gasteiger partial charge in [0.15, 0.2) is 0 Å². The van der Waals surface area contributed by atoms with Crippen molar-refractivity contribution in [1.29, 1.82) is 0 Å². The third-order valence-electron chi connectivity index (χ3n) is 12.0. The summed E-state index contributed by atoms with van der Waals surface area (Å²) in [5, 5.41) is 6.94. The van der Waals surface area contributed by atoms with Crippen molar-refractivity contribution in [2.45, 2.75) is 143 Å². The third-order valence-corrected chi connectivity index (χ3v) is 12.0. The van der Waals surface area contributed by atoms with Crippen LogP contribution in [0.3, 0.4) is 0 Å². The predicted octanol–water partition coefficient (Wildman–Crippen LogP) is 9.54. The molecule has 0 bridgehead atoms. The molecule has 9 rings (SSSR count). The van der Waals surface area contributed by atoms with Gasteiger partial charge in [0, 0.05) is 37.8 Å². The maximum atomic E-state index is 12.9. The number of benzene rings is 3. The fourth-order valence-corrected chi connectivity index (χ4v) is 9.07. The minimum atomic E-state index is -0.641. The molecule has 0 saturated carbocycles. The molecule has 5 atom stereocenters. The Hall–Kier alpha value is -6.00. The monoisotopic (exact) mass is 939 g/mol. The Bertz CT molecular complexity index is 2420. The molecule has 3 fully saturated rings. The first-order valence-corrected chi connectivity index (χ1v) is 24.3. The molecule has 4 amide bonds. The number of carbonyl (C=O) groups excluding carboxylic acids is 4. The van der Waals surface area contributed by atoms with Crippen molar-refractivity contribution < 1.29 is 38.1 Å². The topological polar surface area (TPSA) is 193 Å². The van der Waals surface area contributed by atoms with E-state index in [0.29, 0.717) is 31.8 Å². The van der Waals surface area contributed by atoms with Crippen LogP contribution in [0.2, 0.25) is 0 Å². The van der Waals surface area contributed by atoms with Gasteiger partial charge in [-0.15, -0.1) is 0 Å². The van der Waals surface area contributed by atoms with Gasteiger partial charge in [-0.2, -0.15) is 0 Å². The largest absolute Gasteiger partial charge is 0.488 e. The van der Waals surface area contributed by atoms with E-state index >= 15 is 0 Å². The van der Waals surface area contributed by atoms with Crippen LogP contribution in [-0.4, -0.2) is 113 Å². The van der Waals surface area contributed by atoms with Gasteiger partial charge in [-0.3, -0.25) is 14.4 Å². The minimum absolute atomic E-state index is 0.0343. The van der Waals surface area contributed by atoms with Crippen molar-refractivity contribution in [3.63, 3.8) is 0 Å². The smallest absolute Gasteiger partial charge is 0.407 e. The second-order valence-electron chi connectivity index (χ2n) is 17.8. The van der Waals surface area contributed by atoms with Crippen molar-refractivity contribution in [3.8, 4) is 28.1 Å². The second-order valence-corrected chi connectivity index (χ2v) is 17.8. The van der Waals surface area contributed by atoms with Gasteiger partial charge in [0.05, 0.1) is 60.9 Å². The summed E-state index contributed by atoms with van der Waals surface area (Å²) in [7, 11) is 4.52. The lowest BCUT2D eigenvalue weighted by Crippen LogP contribution is -2.41. The van der Waals surface area contributed by atoms with Gasteiger partial charge in [-0.1, -0.05) is 58.7 Å². The fourth-order valence-electron chi connectivity index (χ4n) is 9.07. The number of nitrogens with one attached hydrogen (secondary N) is 4. The number of amides is 4. The summed E-state index contributed by atoms with van der Waals surface area (Å²) in [6.07, 6.45) is 12.4. The van der Waals surface area contributed by atoms with Crippen LogP contribution >= 0.6 is 0 Å². The average Bonchev–Trinajstić information content (AvgIpc) is 4.17. The Kier molecular flexibility index (Phi) is 20.2.